The summed E-state index contributed by atoms with van der Waals surface area (Å²) in [5, 5.41) is 6.32. The Morgan fingerprint density at radius 2 is 2.53 bits per heavy atom. The van der Waals surface area contributed by atoms with Crippen LogP contribution in [0.5, 0.6) is 5.88 Å². The molecule has 0 aliphatic carbocycles. The van der Waals surface area contributed by atoms with Crippen LogP contribution in [-0.4, -0.2) is 33.8 Å². The second kappa shape index (κ2) is 4.33. The van der Waals surface area contributed by atoms with Crippen molar-refractivity contribution in [3.05, 3.63) is 12.3 Å². The zero-order valence-corrected chi connectivity index (χ0v) is 8.77. The number of hydrogen-bond donors (Lipinski definition) is 1. The summed E-state index contributed by atoms with van der Waals surface area (Å²) in [4.78, 5) is 13.5. The van der Waals surface area contributed by atoms with Crippen molar-refractivity contribution in [3.8, 4) is 5.88 Å². The molecule has 0 bridgehead atoms. The van der Waals surface area contributed by atoms with E-state index in [0.29, 0.717) is 5.88 Å². The van der Waals surface area contributed by atoms with Gasteiger partial charge < -0.3 is 9.64 Å². The van der Waals surface area contributed by atoms with Crippen molar-refractivity contribution in [2.24, 2.45) is 0 Å². The molecule has 0 spiro atoms. The Kier molecular flexibility index (Phi) is 2.89. The number of amides is 1. The van der Waals surface area contributed by atoms with Crippen LogP contribution in [0.3, 0.4) is 0 Å². The van der Waals surface area contributed by atoms with Gasteiger partial charge in [0.05, 0.1) is 6.20 Å². The number of piperidine rings is 1. The minimum Gasteiger partial charge on any atom is -0.392 e. The molecule has 2 heterocycles. The number of nitrogens with zero attached hydrogens (tertiary/aromatic N) is 2. The molecule has 2 rings (SSSR count). The Bertz CT molecular complexity index is 323. The number of carbonyl (C=O) groups is 1. The van der Waals surface area contributed by atoms with Crippen molar-refractivity contribution in [1.82, 2.24) is 15.1 Å². The summed E-state index contributed by atoms with van der Waals surface area (Å²) in [5.41, 5.74) is 0. The highest BCUT2D eigenvalue weighted by atomic mass is 16.6. The molecular formula is C10H15N3O2. The lowest BCUT2D eigenvalue weighted by molar-refractivity contribution is 0.117. The molecule has 0 saturated carbocycles. The van der Waals surface area contributed by atoms with E-state index in [1.54, 1.807) is 17.2 Å². The first-order valence-corrected chi connectivity index (χ1v) is 5.25. The first kappa shape index (κ1) is 10.0. The highest BCUT2D eigenvalue weighted by Crippen LogP contribution is 2.17. The Balaban J connectivity index is 1.95. The van der Waals surface area contributed by atoms with Gasteiger partial charge in [-0.25, -0.2) is 9.89 Å². The number of H-pyrrole nitrogens is 1. The van der Waals surface area contributed by atoms with Gasteiger partial charge in [-0.15, -0.1) is 0 Å². The number of nitrogens with one attached hydrogen (secondary N) is 1. The van der Waals surface area contributed by atoms with E-state index in [1.165, 1.54) is 6.42 Å². The molecule has 1 aromatic heterocycles. The van der Waals surface area contributed by atoms with E-state index in [0.717, 1.165) is 19.4 Å². The van der Waals surface area contributed by atoms with Crippen LogP contribution in [0, 0.1) is 0 Å². The number of ether oxygens (including phenoxy) is 1. The highest BCUT2D eigenvalue weighted by molar-refractivity contribution is 5.70. The molecule has 1 aromatic rings. The van der Waals surface area contributed by atoms with Gasteiger partial charge in [0.2, 0.25) is 5.88 Å². The van der Waals surface area contributed by atoms with Crippen molar-refractivity contribution in [1.29, 1.82) is 0 Å². The van der Waals surface area contributed by atoms with Gasteiger partial charge in [0.1, 0.15) is 0 Å². The summed E-state index contributed by atoms with van der Waals surface area (Å²) < 4.78 is 5.13. The summed E-state index contributed by atoms with van der Waals surface area (Å²) >= 11 is 0. The Labute approximate surface area is 88.4 Å². The molecular weight excluding hydrogens is 194 g/mol. The molecule has 1 N–H and O–H groups in total. The van der Waals surface area contributed by atoms with Crippen molar-refractivity contribution < 1.29 is 9.53 Å². The average molecular weight is 209 g/mol. The Morgan fingerprint density at radius 3 is 3.20 bits per heavy atom. The van der Waals surface area contributed by atoms with Crippen LogP contribution in [0.15, 0.2) is 12.3 Å². The molecule has 1 unspecified atom stereocenters. The van der Waals surface area contributed by atoms with Gasteiger partial charge in [-0.05, 0) is 26.2 Å². The third kappa shape index (κ3) is 2.29. The van der Waals surface area contributed by atoms with Crippen LogP contribution in [-0.2, 0) is 0 Å². The van der Waals surface area contributed by atoms with Gasteiger partial charge in [-0.3, -0.25) is 0 Å². The summed E-state index contributed by atoms with van der Waals surface area (Å²) in [6.45, 7) is 2.83. The molecule has 0 aromatic carbocycles. The SMILES string of the molecule is CC1CCCCN1C(=O)Oc1ccn[nH]1. The van der Waals surface area contributed by atoms with Gasteiger partial charge in [0, 0.05) is 18.7 Å². The van der Waals surface area contributed by atoms with E-state index in [4.69, 9.17) is 4.74 Å². The maximum atomic E-state index is 11.7. The van der Waals surface area contributed by atoms with E-state index in [9.17, 15) is 4.79 Å². The number of rotatable bonds is 1. The number of aromatic nitrogens is 2. The topological polar surface area (TPSA) is 58.2 Å². The lowest BCUT2D eigenvalue weighted by Crippen LogP contribution is -2.43. The van der Waals surface area contributed by atoms with Crippen LogP contribution in [0.1, 0.15) is 26.2 Å². The molecule has 1 saturated heterocycles. The minimum atomic E-state index is -0.286. The number of carbonyl (C=O) groups excluding carboxylic acids is 1. The molecule has 82 valence electrons. The molecule has 1 atom stereocenters. The fourth-order valence-electron chi connectivity index (χ4n) is 1.82. The second-order valence-electron chi connectivity index (χ2n) is 3.83. The fraction of sp³-hybridized carbons (Fsp3) is 0.600. The summed E-state index contributed by atoms with van der Waals surface area (Å²) in [5.74, 6) is 0.401. The number of likely N-dealkylation sites (tertiary alicyclic amines) is 1. The third-order valence-electron chi connectivity index (χ3n) is 2.71. The first-order valence-electron chi connectivity index (χ1n) is 5.25. The van der Waals surface area contributed by atoms with Gasteiger partial charge in [-0.2, -0.15) is 5.10 Å². The fourth-order valence-corrected chi connectivity index (χ4v) is 1.82. The predicted octanol–water partition coefficient (Wildman–Crippen LogP) is 1.78. The lowest BCUT2D eigenvalue weighted by atomic mass is 10.0. The minimum absolute atomic E-state index is 0.272. The van der Waals surface area contributed by atoms with Crippen LogP contribution in [0.25, 0.3) is 0 Å². The summed E-state index contributed by atoms with van der Waals surface area (Å²) in [6.07, 6.45) is 4.57. The van der Waals surface area contributed by atoms with E-state index >= 15 is 0 Å². The highest BCUT2D eigenvalue weighted by Gasteiger charge is 2.24. The standard InChI is InChI=1S/C10H15N3O2/c1-8-4-2-3-7-13(8)10(14)15-9-5-6-11-12-9/h5-6,8H,2-4,7H2,1H3,(H,11,12). The number of hydrogen-bond acceptors (Lipinski definition) is 3. The third-order valence-corrected chi connectivity index (χ3v) is 2.71. The molecule has 1 aliphatic rings. The first-order chi connectivity index (χ1) is 7.27. The van der Waals surface area contributed by atoms with Gasteiger partial charge in [0.15, 0.2) is 0 Å². The maximum absolute atomic E-state index is 11.7. The van der Waals surface area contributed by atoms with Crippen LogP contribution >= 0.6 is 0 Å². The smallest absolute Gasteiger partial charge is 0.392 e. The molecule has 5 heteroatoms. The molecule has 0 radical (unpaired) electrons. The van der Waals surface area contributed by atoms with E-state index in [1.807, 2.05) is 6.92 Å². The second-order valence-corrected chi connectivity index (χ2v) is 3.83. The zero-order chi connectivity index (χ0) is 10.7. The van der Waals surface area contributed by atoms with Gasteiger partial charge in [-0.1, -0.05) is 0 Å². The van der Waals surface area contributed by atoms with Crippen molar-refractivity contribution in [2.45, 2.75) is 32.2 Å². The predicted molar refractivity (Wildman–Crippen MR) is 54.6 cm³/mol. The van der Waals surface area contributed by atoms with Crippen molar-refractivity contribution in [2.75, 3.05) is 6.54 Å². The maximum Gasteiger partial charge on any atom is 0.416 e. The van der Waals surface area contributed by atoms with Crippen molar-refractivity contribution >= 4 is 6.09 Å². The molecule has 1 aliphatic heterocycles. The summed E-state index contributed by atoms with van der Waals surface area (Å²) in [6, 6.07) is 1.90. The lowest BCUT2D eigenvalue weighted by Gasteiger charge is -2.31. The molecule has 15 heavy (non-hydrogen) atoms. The van der Waals surface area contributed by atoms with Gasteiger partial charge >= 0.3 is 6.09 Å². The Morgan fingerprint density at radius 1 is 1.67 bits per heavy atom. The number of aromatic amines is 1. The van der Waals surface area contributed by atoms with E-state index in [-0.39, 0.29) is 12.1 Å². The largest absolute Gasteiger partial charge is 0.416 e. The van der Waals surface area contributed by atoms with E-state index in [2.05, 4.69) is 10.2 Å². The van der Waals surface area contributed by atoms with Crippen LogP contribution in [0.2, 0.25) is 0 Å². The van der Waals surface area contributed by atoms with Crippen LogP contribution in [0.4, 0.5) is 4.79 Å². The zero-order valence-electron chi connectivity index (χ0n) is 8.77. The molecule has 5 nitrogen and oxygen atoms in total. The monoisotopic (exact) mass is 209 g/mol. The van der Waals surface area contributed by atoms with E-state index < -0.39 is 0 Å². The molecule has 1 amide bonds. The summed E-state index contributed by atoms with van der Waals surface area (Å²) in [7, 11) is 0. The van der Waals surface area contributed by atoms with Crippen LogP contribution < -0.4 is 4.74 Å². The quantitative estimate of drug-likeness (QED) is 0.767. The average Bonchev–Trinajstić information content (AvgIpc) is 2.71. The van der Waals surface area contributed by atoms with Gasteiger partial charge in [0.25, 0.3) is 0 Å². The molecule has 1 fully saturated rings. The van der Waals surface area contributed by atoms with Crippen molar-refractivity contribution in [3.63, 3.8) is 0 Å². The normalized spacial score (nSPS) is 21.4. The Hall–Kier alpha value is -1.52.